The molecule has 1 aromatic heterocycles. The molecule has 10 heteroatoms. The average molecular weight is 482 g/mol. The maximum atomic E-state index is 13.0. The first kappa shape index (κ1) is 24.0. The van der Waals surface area contributed by atoms with Gasteiger partial charge in [0.2, 0.25) is 0 Å². The van der Waals surface area contributed by atoms with Gasteiger partial charge in [-0.2, -0.15) is 18.2 Å². The second-order valence-corrected chi connectivity index (χ2v) is 7.41. The maximum absolute atomic E-state index is 13.0. The van der Waals surface area contributed by atoms with Crippen molar-refractivity contribution in [3.8, 4) is 23.1 Å². The quantitative estimate of drug-likeness (QED) is 0.348. The lowest BCUT2D eigenvalue weighted by atomic mass is 10.1. The Morgan fingerprint density at radius 2 is 1.63 bits per heavy atom. The Kier molecular flexibility index (Phi) is 7.11. The summed E-state index contributed by atoms with van der Waals surface area (Å²) < 4.78 is 50.9. The Morgan fingerprint density at radius 3 is 2.26 bits per heavy atom. The molecule has 0 bridgehead atoms. The molecule has 0 spiro atoms. The molecule has 0 radical (unpaired) electrons. The van der Waals surface area contributed by atoms with Crippen LogP contribution in [0.4, 0.5) is 18.9 Å². The zero-order valence-electron chi connectivity index (χ0n) is 18.6. The molecule has 1 N–H and O–H groups in total. The van der Waals surface area contributed by atoms with Gasteiger partial charge >= 0.3 is 12.2 Å². The molecule has 0 atom stereocenters. The summed E-state index contributed by atoms with van der Waals surface area (Å²) in [5, 5.41) is 7.17. The van der Waals surface area contributed by atoms with Crippen molar-refractivity contribution in [2.24, 2.45) is 0 Å². The van der Waals surface area contributed by atoms with Gasteiger partial charge in [-0.3, -0.25) is 4.79 Å². The standard InChI is InChI=1S/C25H21F3N4O3/c1-34-15-16-35-24-30-22(17-7-9-19(10-8-17)25(26,27)28)32(31-24)21-13-11-20(12-14-21)29-23(33)18-5-3-2-4-6-18/h2-14H,15-16H2,1H3,(H,29,33). The van der Waals surface area contributed by atoms with E-state index in [4.69, 9.17) is 9.47 Å². The zero-order chi connectivity index (χ0) is 24.8. The highest BCUT2D eigenvalue weighted by molar-refractivity contribution is 6.04. The molecule has 0 aliphatic heterocycles. The van der Waals surface area contributed by atoms with Crippen molar-refractivity contribution in [3.05, 3.63) is 90.0 Å². The van der Waals surface area contributed by atoms with Gasteiger partial charge in [-0.05, 0) is 48.5 Å². The molecule has 4 rings (SSSR count). The number of nitrogens with zero attached hydrogens (tertiary/aromatic N) is 3. The highest BCUT2D eigenvalue weighted by Crippen LogP contribution is 2.31. The van der Waals surface area contributed by atoms with E-state index < -0.39 is 11.7 Å². The number of amides is 1. The van der Waals surface area contributed by atoms with Crippen LogP contribution in [0.15, 0.2) is 78.9 Å². The van der Waals surface area contributed by atoms with E-state index in [0.717, 1.165) is 12.1 Å². The number of nitrogens with one attached hydrogen (secondary N) is 1. The number of hydrogen-bond acceptors (Lipinski definition) is 5. The third-order valence-electron chi connectivity index (χ3n) is 4.98. The highest BCUT2D eigenvalue weighted by Gasteiger charge is 2.30. The molecule has 7 nitrogen and oxygen atoms in total. The maximum Gasteiger partial charge on any atom is 0.416 e. The molecule has 35 heavy (non-hydrogen) atoms. The van der Waals surface area contributed by atoms with Crippen molar-refractivity contribution in [1.82, 2.24) is 14.8 Å². The topological polar surface area (TPSA) is 78.3 Å². The molecule has 4 aromatic rings. The summed E-state index contributed by atoms with van der Waals surface area (Å²) in [6.07, 6.45) is -4.44. The van der Waals surface area contributed by atoms with Crippen molar-refractivity contribution in [1.29, 1.82) is 0 Å². The van der Waals surface area contributed by atoms with Gasteiger partial charge in [0.05, 0.1) is 17.9 Å². The summed E-state index contributed by atoms with van der Waals surface area (Å²) >= 11 is 0. The number of rotatable bonds is 8. The number of anilines is 1. The Balaban J connectivity index is 1.61. The summed E-state index contributed by atoms with van der Waals surface area (Å²) in [6, 6.07) is 20.3. The van der Waals surface area contributed by atoms with Crippen LogP contribution >= 0.6 is 0 Å². The number of carbonyl (C=O) groups is 1. The molecule has 1 heterocycles. The van der Waals surface area contributed by atoms with Crippen LogP contribution in [0.1, 0.15) is 15.9 Å². The minimum Gasteiger partial charge on any atom is -0.460 e. The van der Waals surface area contributed by atoms with Crippen LogP contribution in [-0.4, -0.2) is 41.0 Å². The van der Waals surface area contributed by atoms with E-state index in [9.17, 15) is 18.0 Å². The first-order valence-electron chi connectivity index (χ1n) is 10.6. The number of methoxy groups -OCH3 is 1. The van der Waals surface area contributed by atoms with Gasteiger partial charge in [-0.25, -0.2) is 4.68 Å². The molecule has 0 unspecified atom stereocenters. The number of ether oxygens (including phenoxy) is 2. The summed E-state index contributed by atoms with van der Waals surface area (Å²) in [7, 11) is 1.53. The monoisotopic (exact) mass is 482 g/mol. The number of halogens is 3. The Morgan fingerprint density at radius 1 is 0.943 bits per heavy atom. The van der Waals surface area contributed by atoms with Crippen LogP contribution in [0.5, 0.6) is 6.01 Å². The lowest BCUT2D eigenvalue weighted by molar-refractivity contribution is -0.137. The predicted octanol–water partition coefficient (Wildman–Crippen LogP) is 5.23. The van der Waals surface area contributed by atoms with Gasteiger partial charge in [-0.15, -0.1) is 5.10 Å². The summed E-state index contributed by atoms with van der Waals surface area (Å²) in [6.45, 7) is 0.525. The van der Waals surface area contributed by atoms with Gasteiger partial charge in [0, 0.05) is 23.9 Å². The van der Waals surface area contributed by atoms with Gasteiger partial charge in [0.1, 0.15) is 6.61 Å². The summed E-state index contributed by atoms with van der Waals surface area (Å²) in [5.74, 6) is 0.0468. The number of carbonyl (C=O) groups excluding carboxylic acids is 1. The highest BCUT2D eigenvalue weighted by atomic mass is 19.4. The van der Waals surface area contributed by atoms with Crippen LogP contribution in [0.2, 0.25) is 0 Å². The van der Waals surface area contributed by atoms with Gasteiger partial charge in [-0.1, -0.05) is 30.3 Å². The van der Waals surface area contributed by atoms with E-state index >= 15 is 0 Å². The second-order valence-electron chi connectivity index (χ2n) is 7.41. The molecule has 0 aliphatic rings. The summed E-state index contributed by atoms with van der Waals surface area (Å²) in [4.78, 5) is 16.7. The average Bonchev–Trinajstić information content (AvgIpc) is 3.29. The van der Waals surface area contributed by atoms with Crippen LogP contribution in [-0.2, 0) is 10.9 Å². The van der Waals surface area contributed by atoms with Gasteiger partial charge in [0.15, 0.2) is 5.82 Å². The van der Waals surface area contributed by atoms with Crippen LogP contribution in [0.3, 0.4) is 0 Å². The predicted molar refractivity (Wildman–Crippen MR) is 124 cm³/mol. The minimum absolute atomic E-state index is 0.0541. The number of benzene rings is 3. The van der Waals surface area contributed by atoms with E-state index in [1.54, 1.807) is 48.5 Å². The molecule has 0 aliphatic carbocycles. The number of alkyl halides is 3. The molecular weight excluding hydrogens is 461 g/mol. The molecular formula is C25H21F3N4O3. The Bertz CT molecular complexity index is 1270. The first-order chi connectivity index (χ1) is 16.8. The van der Waals surface area contributed by atoms with Crippen molar-refractivity contribution in [3.63, 3.8) is 0 Å². The van der Waals surface area contributed by atoms with E-state index in [2.05, 4.69) is 15.4 Å². The third-order valence-corrected chi connectivity index (χ3v) is 4.98. The fraction of sp³-hybridized carbons (Fsp3) is 0.160. The van der Waals surface area contributed by atoms with Crippen molar-refractivity contribution >= 4 is 11.6 Å². The lowest BCUT2D eigenvalue weighted by Crippen LogP contribution is -2.11. The van der Waals surface area contributed by atoms with Gasteiger partial charge in [0.25, 0.3) is 5.91 Å². The molecule has 180 valence electrons. The van der Waals surface area contributed by atoms with Crippen molar-refractivity contribution in [2.45, 2.75) is 6.18 Å². The van der Waals surface area contributed by atoms with E-state index in [1.807, 2.05) is 6.07 Å². The van der Waals surface area contributed by atoms with Crippen LogP contribution in [0, 0.1) is 0 Å². The fourth-order valence-corrected chi connectivity index (χ4v) is 3.22. The lowest BCUT2D eigenvalue weighted by Gasteiger charge is -2.10. The zero-order valence-corrected chi connectivity index (χ0v) is 18.6. The SMILES string of the molecule is COCCOc1nc(-c2ccc(C(F)(F)F)cc2)n(-c2ccc(NC(=O)c3ccccc3)cc2)n1. The number of hydrogen-bond donors (Lipinski definition) is 1. The smallest absolute Gasteiger partial charge is 0.416 e. The fourth-order valence-electron chi connectivity index (χ4n) is 3.22. The molecule has 1 amide bonds. The van der Waals surface area contributed by atoms with E-state index in [0.29, 0.717) is 34.9 Å². The number of aromatic nitrogens is 3. The van der Waals surface area contributed by atoms with Crippen molar-refractivity contribution < 1.29 is 27.4 Å². The Hall–Kier alpha value is -4.18. The van der Waals surface area contributed by atoms with E-state index in [1.165, 1.54) is 23.9 Å². The second kappa shape index (κ2) is 10.4. The molecule has 3 aromatic carbocycles. The normalized spacial score (nSPS) is 11.3. The molecule has 0 saturated carbocycles. The van der Waals surface area contributed by atoms with Crippen LogP contribution in [0.25, 0.3) is 17.1 Å². The first-order valence-corrected chi connectivity index (χ1v) is 10.6. The largest absolute Gasteiger partial charge is 0.460 e. The minimum atomic E-state index is -4.44. The Labute approximate surface area is 199 Å². The molecule has 0 fully saturated rings. The van der Waals surface area contributed by atoms with Crippen molar-refractivity contribution in [2.75, 3.05) is 25.6 Å². The molecule has 0 saturated heterocycles. The van der Waals surface area contributed by atoms with E-state index in [-0.39, 0.29) is 18.5 Å². The summed E-state index contributed by atoms with van der Waals surface area (Å²) in [5.41, 5.74) is 1.33. The van der Waals surface area contributed by atoms with Gasteiger partial charge < -0.3 is 14.8 Å². The van der Waals surface area contributed by atoms with Crippen LogP contribution < -0.4 is 10.1 Å². The third kappa shape index (κ3) is 5.85.